The number of hydrogen-bond acceptors (Lipinski definition) is 5. The van der Waals surface area contributed by atoms with E-state index in [2.05, 4.69) is 4.72 Å². The van der Waals surface area contributed by atoms with E-state index in [1.807, 2.05) is 0 Å². The Bertz CT molecular complexity index is 753. The molecule has 1 aliphatic rings. The number of carbonyl (C=O) groups is 2. The number of ether oxygens (including phenoxy) is 1. The fourth-order valence-corrected chi connectivity index (χ4v) is 4.16. The zero-order chi connectivity index (χ0) is 19.2. The number of halogens is 1. The van der Waals surface area contributed by atoms with Gasteiger partial charge in [0.25, 0.3) is 0 Å². The van der Waals surface area contributed by atoms with E-state index in [0.29, 0.717) is 31.1 Å². The Morgan fingerprint density at radius 1 is 1.38 bits per heavy atom. The Morgan fingerprint density at radius 3 is 2.85 bits per heavy atom. The van der Waals surface area contributed by atoms with Crippen LogP contribution in [0.5, 0.6) is 0 Å². The monoisotopic (exact) mass is 402 g/mol. The second kappa shape index (κ2) is 9.34. The Hall–Kier alpha value is -1.64. The molecular formula is C17H23ClN2O5S. The van der Waals surface area contributed by atoms with Crippen LogP contribution in [0.15, 0.2) is 29.2 Å². The van der Waals surface area contributed by atoms with Gasteiger partial charge in [0.2, 0.25) is 15.9 Å². The topological polar surface area (TPSA) is 92.8 Å². The number of rotatable bonds is 7. The molecule has 1 atom stereocenters. The van der Waals surface area contributed by atoms with E-state index >= 15 is 0 Å². The van der Waals surface area contributed by atoms with E-state index < -0.39 is 10.0 Å². The highest BCUT2D eigenvalue weighted by molar-refractivity contribution is 7.89. The molecule has 1 aliphatic heterocycles. The minimum Gasteiger partial charge on any atom is -0.466 e. The first-order chi connectivity index (χ1) is 12.3. The maximum Gasteiger partial charge on any atom is 0.310 e. The van der Waals surface area contributed by atoms with Gasteiger partial charge in [-0.3, -0.25) is 9.59 Å². The number of amides is 1. The van der Waals surface area contributed by atoms with E-state index in [4.69, 9.17) is 16.3 Å². The van der Waals surface area contributed by atoms with E-state index in [1.54, 1.807) is 24.0 Å². The molecule has 1 N–H and O–H groups in total. The summed E-state index contributed by atoms with van der Waals surface area (Å²) in [4.78, 5) is 25.8. The minimum atomic E-state index is -3.72. The summed E-state index contributed by atoms with van der Waals surface area (Å²) in [5.74, 6) is -0.782. The van der Waals surface area contributed by atoms with Gasteiger partial charge < -0.3 is 9.64 Å². The molecule has 1 amide bonds. The quantitative estimate of drug-likeness (QED) is 0.702. The van der Waals surface area contributed by atoms with Crippen molar-refractivity contribution in [1.29, 1.82) is 0 Å². The normalized spacial score (nSPS) is 17.8. The Labute approximate surface area is 158 Å². The Balaban J connectivity index is 1.85. The first-order valence-electron chi connectivity index (χ1n) is 8.53. The van der Waals surface area contributed by atoms with E-state index in [1.165, 1.54) is 12.1 Å². The SMILES string of the molecule is CCOC(=O)C1CCCN(C(=O)CCNS(=O)(=O)c2cccc(Cl)c2)C1. The molecule has 0 saturated carbocycles. The van der Waals surface area contributed by atoms with Crippen LogP contribution < -0.4 is 4.72 Å². The van der Waals surface area contributed by atoms with Gasteiger partial charge in [-0.25, -0.2) is 13.1 Å². The zero-order valence-corrected chi connectivity index (χ0v) is 16.2. The summed E-state index contributed by atoms with van der Waals surface area (Å²) in [5, 5.41) is 0.322. The van der Waals surface area contributed by atoms with Crippen molar-refractivity contribution in [2.75, 3.05) is 26.2 Å². The predicted molar refractivity (Wildman–Crippen MR) is 97.2 cm³/mol. The molecule has 7 nitrogen and oxygen atoms in total. The van der Waals surface area contributed by atoms with Gasteiger partial charge in [0.15, 0.2) is 0 Å². The van der Waals surface area contributed by atoms with Crippen molar-refractivity contribution in [1.82, 2.24) is 9.62 Å². The summed E-state index contributed by atoms with van der Waals surface area (Å²) >= 11 is 5.81. The summed E-state index contributed by atoms with van der Waals surface area (Å²) in [6.45, 7) is 2.92. The summed E-state index contributed by atoms with van der Waals surface area (Å²) in [6.07, 6.45) is 1.45. The predicted octanol–water partition coefficient (Wildman–Crippen LogP) is 1.81. The molecule has 9 heteroatoms. The van der Waals surface area contributed by atoms with Crippen molar-refractivity contribution in [3.05, 3.63) is 29.3 Å². The number of piperidine rings is 1. The van der Waals surface area contributed by atoms with Crippen molar-refractivity contribution < 1.29 is 22.7 Å². The molecule has 26 heavy (non-hydrogen) atoms. The third-order valence-electron chi connectivity index (χ3n) is 4.13. The van der Waals surface area contributed by atoms with Gasteiger partial charge >= 0.3 is 5.97 Å². The van der Waals surface area contributed by atoms with Crippen LogP contribution in [0.25, 0.3) is 0 Å². The molecule has 0 bridgehead atoms. The Kier molecular flexibility index (Phi) is 7.43. The maximum absolute atomic E-state index is 12.3. The molecule has 1 aromatic rings. The number of hydrogen-bond donors (Lipinski definition) is 1. The molecule has 1 aromatic carbocycles. The highest BCUT2D eigenvalue weighted by Crippen LogP contribution is 2.19. The molecule has 0 aliphatic carbocycles. The molecule has 2 rings (SSSR count). The number of nitrogens with zero attached hydrogens (tertiary/aromatic N) is 1. The smallest absolute Gasteiger partial charge is 0.310 e. The van der Waals surface area contributed by atoms with Crippen LogP contribution in [0.4, 0.5) is 0 Å². The molecule has 0 spiro atoms. The molecule has 1 heterocycles. The largest absolute Gasteiger partial charge is 0.466 e. The van der Waals surface area contributed by atoms with Crippen LogP contribution in [-0.4, -0.2) is 51.4 Å². The second-order valence-corrected chi connectivity index (χ2v) is 8.24. The van der Waals surface area contributed by atoms with Crippen molar-refractivity contribution in [3.63, 3.8) is 0 Å². The third kappa shape index (κ3) is 5.69. The van der Waals surface area contributed by atoms with Gasteiger partial charge in [0, 0.05) is 31.1 Å². The third-order valence-corrected chi connectivity index (χ3v) is 5.83. The molecular weight excluding hydrogens is 380 g/mol. The van der Waals surface area contributed by atoms with E-state index in [0.717, 1.165) is 6.42 Å². The van der Waals surface area contributed by atoms with Crippen molar-refractivity contribution in [3.8, 4) is 0 Å². The summed E-state index contributed by atoms with van der Waals surface area (Å²) in [5.41, 5.74) is 0. The number of esters is 1. The lowest BCUT2D eigenvalue weighted by Crippen LogP contribution is -2.43. The Morgan fingerprint density at radius 2 is 2.15 bits per heavy atom. The van der Waals surface area contributed by atoms with Crippen LogP contribution in [0.2, 0.25) is 5.02 Å². The van der Waals surface area contributed by atoms with Crippen LogP contribution in [0, 0.1) is 5.92 Å². The van der Waals surface area contributed by atoms with Gasteiger partial charge in [0.05, 0.1) is 17.4 Å². The van der Waals surface area contributed by atoms with Gasteiger partial charge in [-0.05, 0) is 38.0 Å². The van der Waals surface area contributed by atoms with Crippen molar-refractivity contribution >= 4 is 33.5 Å². The molecule has 1 saturated heterocycles. The highest BCUT2D eigenvalue weighted by atomic mass is 35.5. The zero-order valence-electron chi connectivity index (χ0n) is 14.6. The van der Waals surface area contributed by atoms with Crippen molar-refractivity contribution in [2.24, 2.45) is 5.92 Å². The average molecular weight is 403 g/mol. The van der Waals surface area contributed by atoms with Crippen LogP contribution in [-0.2, 0) is 24.3 Å². The van der Waals surface area contributed by atoms with E-state index in [9.17, 15) is 18.0 Å². The molecule has 0 radical (unpaired) electrons. The number of likely N-dealkylation sites (tertiary alicyclic amines) is 1. The van der Waals surface area contributed by atoms with Gasteiger partial charge in [-0.1, -0.05) is 17.7 Å². The first-order valence-corrected chi connectivity index (χ1v) is 10.4. The first kappa shape index (κ1) is 20.7. The molecule has 144 valence electrons. The molecule has 1 fully saturated rings. The lowest BCUT2D eigenvalue weighted by atomic mass is 9.98. The fourth-order valence-electron chi connectivity index (χ4n) is 2.82. The maximum atomic E-state index is 12.3. The van der Waals surface area contributed by atoms with Gasteiger partial charge in [0.1, 0.15) is 0 Å². The summed E-state index contributed by atoms with van der Waals surface area (Å²) < 4.78 is 31.8. The minimum absolute atomic E-state index is 0.0196. The van der Waals surface area contributed by atoms with Crippen LogP contribution in [0.1, 0.15) is 26.2 Å². The number of carbonyl (C=O) groups excluding carboxylic acids is 2. The number of nitrogens with one attached hydrogen (secondary N) is 1. The summed E-state index contributed by atoms with van der Waals surface area (Å²) in [7, 11) is -3.72. The van der Waals surface area contributed by atoms with Crippen molar-refractivity contribution in [2.45, 2.75) is 31.1 Å². The molecule has 1 unspecified atom stereocenters. The standard InChI is InChI=1S/C17H23ClN2O5S/c1-2-25-17(22)13-5-4-10-20(12-13)16(21)8-9-19-26(23,24)15-7-3-6-14(18)11-15/h3,6-7,11,13,19H,2,4-5,8-10,12H2,1H3. The van der Waals surface area contributed by atoms with Gasteiger partial charge in [-0.2, -0.15) is 0 Å². The average Bonchev–Trinajstić information content (AvgIpc) is 2.62. The van der Waals surface area contributed by atoms with Gasteiger partial charge in [-0.15, -0.1) is 0 Å². The lowest BCUT2D eigenvalue weighted by molar-refractivity contribution is -0.151. The van der Waals surface area contributed by atoms with Crippen LogP contribution >= 0.6 is 11.6 Å². The number of benzene rings is 1. The molecule has 0 aromatic heterocycles. The van der Waals surface area contributed by atoms with Crippen LogP contribution in [0.3, 0.4) is 0 Å². The summed E-state index contributed by atoms with van der Waals surface area (Å²) in [6, 6.07) is 5.91. The second-order valence-electron chi connectivity index (χ2n) is 6.04. The van der Waals surface area contributed by atoms with E-state index in [-0.39, 0.29) is 35.7 Å². The highest BCUT2D eigenvalue weighted by Gasteiger charge is 2.29. The lowest BCUT2D eigenvalue weighted by Gasteiger charge is -2.31. The number of sulfonamides is 1. The fraction of sp³-hybridized carbons (Fsp3) is 0.529.